The average Bonchev–Trinajstić information content (AvgIpc) is 2.56. The van der Waals surface area contributed by atoms with Crippen molar-refractivity contribution in [1.82, 2.24) is 5.32 Å². The molecular formula is C18H25NO4. The molecule has 0 unspecified atom stereocenters. The summed E-state index contributed by atoms with van der Waals surface area (Å²) in [5.41, 5.74) is 0.948. The topological polar surface area (TPSA) is 64.6 Å². The average molecular weight is 319 g/mol. The number of carbonyl (C=O) groups is 2. The van der Waals surface area contributed by atoms with Crippen LogP contribution >= 0.6 is 0 Å². The summed E-state index contributed by atoms with van der Waals surface area (Å²) in [5.74, 6) is 0.0272. The SMILES string of the molecule is CCOC(=O)[C@H]1CC[C@H](C)[C@H](NC(=O)OCc2ccccc2)C1. The van der Waals surface area contributed by atoms with E-state index >= 15 is 0 Å². The Balaban J connectivity index is 1.82. The maximum absolute atomic E-state index is 12.0. The van der Waals surface area contributed by atoms with Crippen LogP contribution < -0.4 is 5.32 Å². The van der Waals surface area contributed by atoms with Crippen molar-refractivity contribution in [1.29, 1.82) is 0 Å². The van der Waals surface area contributed by atoms with Gasteiger partial charge in [0.25, 0.3) is 0 Å². The minimum atomic E-state index is -0.435. The van der Waals surface area contributed by atoms with Crippen molar-refractivity contribution in [2.45, 2.75) is 45.8 Å². The normalized spacial score (nSPS) is 23.8. The van der Waals surface area contributed by atoms with Crippen molar-refractivity contribution < 1.29 is 19.1 Å². The van der Waals surface area contributed by atoms with Crippen molar-refractivity contribution in [2.24, 2.45) is 11.8 Å². The van der Waals surface area contributed by atoms with Gasteiger partial charge in [-0.3, -0.25) is 4.79 Å². The van der Waals surface area contributed by atoms with Gasteiger partial charge in [0.1, 0.15) is 6.61 Å². The molecule has 23 heavy (non-hydrogen) atoms. The molecule has 1 fully saturated rings. The predicted molar refractivity (Wildman–Crippen MR) is 86.7 cm³/mol. The first-order chi connectivity index (χ1) is 11.1. The molecule has 126 valence electrons. The highest BCUT2D eigenvalue weighted by atomic mass is 16.5. The van der Waals surface area contributed by atoms with Crippen LogP contribution in [0.4, 0.5) is 4.79 Å². The highest BCUT2D eigenvalue weighted by Gasteiger charge is 2.33. The second kappa shape index (κ2) is 8.56. The van der Waals surface area contributed by atoms with Gasteiger partial charge in [-0.25, -0.2) is 4.79 Å². The number of benzene rings is 1. The van der Waals surface area contributed by atoms with E-state index in [1.807, 2.05) is 30.3 Å². The van der Waals surface area contributed by atoms with Gasteiger partial charge in [-0.2, -0.15) is 0 Å². The minimum Gasteiger partial charge on any atom is -0.466 e. The van der Waals surface area contributed by atoms with Crippen LogP contribution in [0.25, 0.3) is 0 Å². The third-order valence-corrected chi connectivity index (χ3v) is 4.33. The molecule has 0 aromatic heterocycles. The lowest BCUT2D eigenvalue weighted by molar-refractivity contribution is -0.149. The summed E-state index contributed by atoms with van der Waals surface area (Å²) in [5, 5.41) is 2.90. The number of alkyl carbamates (subject to hydrolysis) is 1. The van der Waals surface area contributed by atoms with Crippen LogP contribution in [0.1, 0.15) is 38.7 Å². The van der Waals surface area contributed by atoms with E-state index in [9.17, 15) is 9.59 Å². The van der Waals surface area contributed by atoms with Crippen molar-refractivity contribution in [3.63, 3.8) is 0 Å². The fraction of sp³-hybridized carbons (Fsp3) is 0.556. The van der Waals surface area contributed by atoms with Crippen LogP contribution in [-0.2, 0) is 20.9 Å². The number of ether oxygens (including phenoxy) is 2. The van der Waals surface area contributed by atoms with Crippen LogP contribution in [0.15, 0.2) is 30.3 Å². The van der Waals surface area contributed by atoms with E-state index in [1.54, 1.807) is 6.92 Å². The van der Waals surface area contributed by atoms with Crippen molar-refractivity contribution >= 4 is 12.1 Å². The number of amides is 1. The Labute approximate surface area is 137 Å². The molecule has 0 heterocycles. The summed E-state index contributed by atoms with van der Waals surface area (Å²) < 4.78 is 10.3. The molecule has 1 saturated carbocycles. The standard InChI is InChI=1S/C18H25NO4/c1-3-22-17(20)15-10-9-13(2)16(11-15)19-18(21)23-12-14-7-5-4-6-8-14/h4-8,13,15-16H,3,9-12H2,1-2H3,(H,19,21)/t13-,15-,16+/m0/s1. The predicted octanol–water partition coefficient (Wildman–Crippen LogP) is 3.28. The summed E-state index contributed by atoms with van der Waals surface area (Å²) in [6.45, 7) is 4.53. The van der Waals surface area contributed by atoms with E-state index in [2.05, 4.69) is 12.2 Å². The Kier molecular flexibility index (Phi) is 6.44. The molecule has 1 amide bonds. The zero-order valence-corrected chi connectivity index (χ0v) is 13.8. The first-order valence-corrected chi connectivity index (χ1v) is 8.24. The third-order valence-electron chi connectivity index (χ3n) is 4.33. The summed E-state index contributed by atoms with van der Waals surface area (Å²) in [7, 11) is 0. The van der Waals surface area contributed by atoms with E-state index in [4.69, 9.17) is 9.47 Å². The number of carbonyl (C=O) groups excluding carboxylic acids is 2. The monoisotopic (exact) mass is 319 g/mol. The van der Waals surface area contributed by atoms with Crippen molar-refractivity contribution in [3.8, 4) is 0 Å². The lowest BCUT2D eigenvalue weighted by Gasteiger charge is -2.33. The Morgan fingerprint density at radius 2 is 1.91 bits per heavy atom. The summed E-state index contributed by atoms with van der Waals surface area (Å²) in [4.78, 5) is 23.9. The molecule has 5 heteroatoms. The van der Waals surface area contributed by atoms with Crippen LogP contribution in [0, 0.1) is 11.8 Å². The van der Waals surface area contributed by atoms with Gasteiger partial charge in [0.15, 0.2) is 0 Å². The smallest absolute Gasteiger partial charge is 0.407 e. The van der Waals surface area contributed by atoms with Gasteiger partial charge < -0.3 is 14.8 Å². The molecule has 0 bridgehead atoms. The maximum Gasteiger partial charge on any atom is 0.407 e. The number of rotatable bonds is 5. The van der Waals surface area contributed by atoms with Crippen molar-refractivity contribution in [2.75, 3.05) is 6.61 Å². The van der Waals surface area contributed by atoms with E-state index < -0.39 is 6.09 Å². The molecule has 5 nitrogen and oxygen atoms in total. The summed E-state index contributed by atoms with van der Waals surface area (Å²) in [6, 6.07) is 9.50. The minimum absolute atomic E-state index is 0.0542. The molecule has 0 saturated heterocycles. The number of hydrogen-bond acceptors (Lipinski definition) is 4. The molecular weight excluding hydrogens is 294 g/mol. The third kappa shape index (κ3) is 5.27. The molecule has 1 aliphatic rings. The molecule has 1 aromatic carbocycles. The van der Waals surface area contributed by atoms with Crippen LogP contribution in [0.5, 0.6) is 0 Å². The zero-order chi connectivity index (χ0) is 16.7. The first-order valence-electron chi connectivity index (χ1n) is 8.24. The van der Waals surface area contributed by atoms with Gasteiger partial charge in [0, 0.05) is 6.04 Å². The Morgan fingerprint density at radius 3 is 2.61 bits per heavy atom. The van der Waals surface area contributed by atoms with Gasteiger partial charge in [0.05, 0.1) is 12.5 Å². The number of nitrogens with one attached hydrogen (secondary N) is 1. The fourth-order valence-electron chi connectivity index (χ4n) is 2.91. The van der Waals surface area contributed by atoms with Crippen LogP contribution in [-0.4, -0.2) is 24.7 Å². The molecule has 1 aromatic rings. The highest BCUT2D eigenvalue weighted by Crippen LogP contribution is 2.29. The fourth-order valence-corrected chi connectivity index (χ4v) is 2.91. The summed E-state index contributed by atoms with van der Waals surface area (Å²) in [6.07, 6.45) is 1.89. The van der Waals surface area contributed by atoms with E-state index in [1.165, 1.54) is 0 Å². The molecule has 0 radical (unpaired) electrons. The largest absolute Gasteiger partial charge is 0.466 e. The molecule has 3 atom stereocenters. The maximum atomic E-state index is 12.0. The summed E-state index contributed by atoms with van der Waals surface area (Å²) >= 11 is 0. The lowest BCUT2D eigenvalue weighted by atomic mass is 9.79. The van der Waals surface area contributed by atoms with Gasteiger partial charge in [0.2, 0.25) is 0 Å². The highest BCUT2D eigenvalue weighted by molar-refractivity contribution is 5.73. The van der Waals surface area contributed by atoms with Crippen molar-refractivity contribution in [3.05, 3.63) is 35.9 Å². The molecule has 0 aliphatic heterocycles. The Hall–Kier alpha value is -2.04. The van der Waals surface area contributed by atoms with Crippen LogP contribution in [0.3, 0.4) is 0 Å². The Morgan fingerprint density at radius 1 is 1.17 bits per heavy atom. The van der Waals surface area contributed by atoms with Crippen LogP contribution in [0.2, 0.25) is 0 Å². The molecule has 1 N–H and O–H groups in total. The Bertz CT molecular complexity index is 517. The van der Waals surface area contributed by atoms with Gasteiger partial charge in [-0.1, -0.05) is 37.3 Å². The second-order valence-electron chi connectivity index (χ2n) is 6.05. The lowest BCUT2D eigenvalue weighted by Crippen LogP contribution is -2.44. The van der Waals surface area contributed by atoms with Gasteiger partial charge in [-0.05, 0) is 37.7 Å². The van der Waals surface area contributed by atoms with Gasteiger partial charge in [-0.15, -0.1) is 0 Å². The van der Waals surface area contributed by atoms with E-state index in [-0.39, 0.29) is 24.5 Å². The van der Waals surface area contributed by atoms with Gasteiger partial charge >= 0.3 is 12.1 Å². The first kappa shape index (κ1) is 17.3. The molecule has 0 spiro atoms. The number of esters is 1. The molecule has 1 aliphatic carbocycles. The quantitative estimate of drug-likeness (QED) is 0.846. The zero-order valence-electron chi connectivity index (χ0n) is 13.8. The molecule has 2 rings (SSSR count). The van der Waals surface area contributed by atoms with E-state index in [0.29, 0.717) is 18.9 Å². The second-order valence-corrected chi connectivity index (χ2v) is 6.05. The van der Waals surface area contributed by atoms with E-state index in [0.717, 1.165) is 18.4 Å². The number of hydrogen-bond donors (Lipinski definition) is 1.